The highest BCUT2D eigenvalue weighted by Gasteiger charge is 2.32. The molecule has 2 heterocycles. The average molecular weight is 237 g/mol. The zero-order valence-corrected chi connectivity index (χ0v) is 10.9. The fourth-order valence-corrected chi connectivity index (χ4v) is 2.58. The van der Waals surface area contributed by atoms with Crippen LogP contribution in [0.2, 0.25) is 0 Å². The normalized spacial score (nSPS) is 25.1. The van der Waals surface area contributed by atoms with Crippen molar-refractivity contribution in [3.05, 3.63) is 17.5 Å². The van der Waals surface area contributed by atoms with E-state index in [1.54, 1.807) is 0 Å². The zero-order valence-electron chi connectivity index (χ0n) is 10.9. The minimum absolute atomic E-state index is 0.122. The third-order valence-electron chi connectivity index (χ3n) is 3.78. The molecule has 96 valence electrons. The van der Waals surface area contributed by atoms with Crippen molar-refractivity contribution in [1.29, 1.82) is 0 Å². The highest BCUT2D eigenvalue weighted by Crippen LogP contribution is 2.31. The molecule has 1 aliphatic rings. The Bertz CT molecular complexity index is 367. The number of aryl methyl sites for hydroxylation is 2. The number of hydrogen-bond acceptors (Lipinski definition) is 3. The van der Waals surface area contributed by atoms with E-state index in [2.05, 4.69) is 18.1 Å². The Morgan fingerprint density at radius 1 is 1.59 bits per heavy atom. The van der Waals surface area contributed by atoms with E-state index in [9.17, 15) is 0 Å². The number of rotatable bonds is 4. The predicted octanol–water partition coefficient (Wildman–Crippen LogP) is 1.28. The number of hydrogen-bond donors (Lipinski definition) is 1. The first kappa shape index (κ1) is 12.6. The maximum atomic E-state index is 5.97. The predicted molar refractivity (Wildman–Crippen MR) is 67.8 cm³/mol. The Balaban J connectivity index is 2.14. The second-order valence-corrected chi connectivity index (χ2v) is 5.14. The van der Waals surface area contributed by atoms with Crippen LogP contribution in [0.25, 0.3) is 0 Å². The molecule has 4 heteroatoms. The molecule has 0 aliphatic carbocycles. The van der Waals surface area contributed by atoms with Crippen LogP contribution in [0.3, 0.4) is 0 Å². The lowest BCUT2D eigenvalue weighted by Gasteiger charge is -2.35. The van der Waals surface area contributed by atoms with Gasteiger partial charge < -0.3 is 10.5 Å². The van der Waals surface area contributed by atoms with Crippen LogP contribution < -0.4 is 5.73 Å². The van der Waals surface area contributed by atoms with E-state index in [1.807, 2.05) is 11.7 Å². The summed E-state index contributed by atoms with van der Waals surface area (Å²) in [4.78, 5) is 0. The van der Waals surface area contributed by atoms with Gasteiger partial charge in [0.25, 0.3) is 0 Å². The van der Waals surface area contributed by atoms with E-state index < -0.39 is 0 Å². The van der Waals surface area contributed by atoms with Gasteiger partial charge in [-0.3, -0.25) is 4.68 Å². The number of ether oxygens (including phenoxy) is 1. The highest BCUT2D eigenvalue weighted by molar-refractivity contribution is 5.13. The van der Waals surface area contributed by atoms with Crippen LogP contribution in [0.5, 0.6) is 0 Å². The second-order valence-electron chi connectivity index (χ2n) is 5.14. The Morgan fingerprint density at radius 2 is 2.41 bits per heavy atom. The molecule has 4 nitrogen and oxygen atoms in total. The van der Waals surface area contributed by atoms with Gasteiger partial charge in [0, 0.05) is 31.3 Å². The van der Waals surface area contributed by atoms with Crippen LogP contribution in [-0.4, -0.2) is 29.5 Å². The van der Waals surface area contributed by atoms with Crippen LogP contribution in [0.4, 0.5) is 0 Å². The Kier molecular flexibility index (Phi) is 3.84. The van der Waals surface area contributed by atoms with E-state index in [-0.39, 0.29) is 5.41 Å². The summed E-state index contributed by atoms with van der Waals surface area (Å²) in [6.45, 7) is 4.50. The first-order valence-corrected chi connectivity index (χ1v) is 6.49. The standard InChI is InChI=1S/C13H23N3O/c1-3-11-7-12(16(2)15-11)8-13(9-14)5-4-6-17-10-13/h7H,3-6,8-10,14H2,1-2H3. The number of nitrogens with zero attached hydrogens (tertiary/aromatic N) is 2. The molecule has 1 aliphatic heterocycles. The van der Waals surface area contributed by atoms with E-state index in [4.69, 9.17) is 10.5 Å². The summed E-state index contributed by atoms with van der Waals surface area (Å²) in [6, 6.07) is 2.20. The van der Waals surface area contributed by atoms with Crippen molar-refractivity contribution in [2.75, 3.05) is 19.8 Å². The van der Waals surface area contributed by atoms with Gasteiger partial charge in [-0.15, -0.1) is 0 Å². The van der Waals surface area contributed by atoms with Crippen molar-refractivity contribution in [3.63, 3.8) is 0 Å². The molecule has 1 aromatic rings. The molecule has 1 unspecified atom stereocenters. The second kappa shape index (κ2) is 5.19. The monoisotopic (exact) mass is 237 g/mol. The number of aromatic nitrogens is 2. The third kappa shape index (κ3) is 2.69. The molecule has 1 fully saturated rings. The molecular formula is C13H23N3O. The van der Waals surface area contributed by atoms with Gasteiger partial charge in [0.05, 0.1) is 12.3 Å². The van der Waals surface area contributed by atoms with E-state index in [0.29, 0.717) is 6.54 Å². The van der Waals surface area contributed by atoms with Gasteiger partial charge >= 0.3 is 0 Å². The molecule has 0 aromatic carbocycles. The summed E-state index contributed by atoms with van der Waals surface area (Å²) in [5.74, 6) is 0. The maximum absolute atomic E-state index is 5.97. The smallest absolute Gasteiger partial charge is 0.0624 e. The van der Waals surface area contributed by atoms with Gasteiger partial charge in [-0.05, 0) is 31.7 Å². The molecule has 1 atom stereocenters. The van der Waals surface area contributed by atoms with Crippen molar-refractivity contribution in [2.45, 2.75) is 32.6 Å². The minimum atomic E-state index is 0.122. The average Bonchev–Trinajstić information content (AvgIpc) is 2.71. The SMILES string of the molecule is CCc1cc(CC2(CN)CCCOC2)n(C)n1. The molecule has 1 aromatic heterocycles. The van der Waals surface area contributed by atoms with Crippen molar-refractivity contribution in [1.82, 2.24) is 9.78 Å². The lowest BCUT2D eigenvalue weighted by atomic mass is 9.78. The first-order valence-electron chi connectivity index (χ1n) is 6.49. The largest absolute Gasteiger partial charge is 0.381 e. The van der Waals surface area contributed by atoms with Gasteiger partial charge in [-0.1, -0.05) is 6.92 Å². The van der Waals surface area contributed by atoms with Gasteiger partial charge in [0.2, 0.25) is 0 Å². The van der Waals surface area contributed by atoms with Crippen LogP contribution in [-0.2, 0) is 24.6 Å². The fourth-order valence-electron chi connectivity index (χ4n) is 2.58. The molecule has 17 heavy (non-hydrogen) atoms. The van der Waals surface area contributed by atoms with E-state index >= 15 is 0 Å². The molecule has 0 radical (unpaired) electrons. The minimum Gasteiger partial charge on any atom is -0.381 e. The Morgan fingerprint density at radius 3 is 2.94 bits per heavy atom. The summed E-state index contributed by atoms with van der Waals surface area (Å²) in [6.07, 6.45) is 4.25. The maximum Gasteiger partial charge on any atom is 0.0624 e. The topological polar surface area (TPSA) is 53.1 Å². The summed E-state index contributed by atoms with van der Waals surface area (Å²) < 4.78 is 7.60. The molecule has 0 bridgehead atoms. The lowest BCUT2D eigenvalue weighted by molar-refractivity contribution is -0.00353. The van der Waals surface area contributed by atoms with Crippen molar-refractivity contribution >= 4 is 0 Å². The summed E-state index contributed by atoms with van der Waals surface area (Å²) in [5, 5.41) is 4.50. The summed E-state index contributed by atoms with van der Waals surface area (Å²) in [5.41, 5.74) is 8.52. The zero-order chi connectivity index (χ0) is 12.3. The van der Waals surface area contributed by atoms with E-state index in [1.165, 1.54) is 5.69 Å². The number of nitrogens with two attached hydrogens (primary N) is 1. The molecule has 2 rings (SSSR count). The quantitative estimate of drug-likeness (QED) is 0.858. The summed E-state index contributed by atoms with van der Waals surface area (Å²) >= 11 is 0. The van der Waals surface area contributed by atoms with Crippen LogP contribution in [0, 0.1) is 5.41 Å². The van der Waals surface area contributed by atoms with Crippen LogP contribution in [0.1, 0.15) is 31.2 Å². The van der Waals surface area contributed by atoms with Crippen molar-refractivity contribution < 1.29 is 4.74 Å². The van der Waals surface area contributed by atoms with E-state index in [0.717, 1.165) is 44.6 Å². The van der Waals surface area contributed by atoms with Gasteiger partial charge in [0.1, 0.15) is 0 Å². The Hall–Kier alpha value is -0.870. The van der Waals surface area contributed by atoms with Gasteiger partial charge in [-0.2, -0.15) is 5.10 Å². The Labute approximate surface area is 103 Å². The molecule has 0 amide bonds. The molecular weight excluding hydrogens is 214 g/mol. The molecule has 0 saturated carbocycles. The lowest BCUT2D eigenvalue weighted by Crippen LogP contribution is -2.41. The van der Waals surface area contributed by atoms with Gasteiger partial charge in [-0.25, -0.2) is 0 Å². The fraction of sp³-hybridized carbons (Fsp3) is 0.769. The highest BCUT2D eigenvalue weighted by atomic mass is 16.5. The van der Waals surface area contributed by atoms with Crippen LogP contribution in [0.15, 0.2) is 6.07 Å². The third-order valence-corrected chi connectivity index (χ3v) is 3.78. The van der Waals surface area contributed by atoms with Crippen molar-refractivity contribution in [2.24, 2.45) is 18.2 Å². The molecule has 2 N–H and O–H groups in total. The van der Waals surface area contributed by atoms with Crippen molar-refractivity contribution in [3.8, 4) is 0 Å². The molecule has 0 spiro atoms. The summed E-state index contributed by atoms with van der Waals surface area (Å²) in [7, 11) is 2.02. The van der Waals surface area contributed by atoms with Gasteiger partial charge in [0.15, 0.2) is 0 Å². The molecule has 1 saturated heterocycles. The van der Waals surface area contributed by atoms with Crippen LogP contribution >= 0.6 is 0 Å². The first-order chi connectivity index (χ1) is 8.19.